The zero-order valence-corrected chi connectivity index (χ0v) is 14.0. The van der Waals surface area contributed by atoms with Crippen molar-refractivity contribution < 1.29 is 28.2 Å². The van der Waals surface area contributed by atoms with Crippen molar-refractivity contribution in [2.24, 2.45) is 10.2 Å². The van der Waals surface area contributed by atoms with Gasteiger partial charge in [0.25, 0.3) is 15.9 Å². The molecule has 0 bridgehead atoms. The molecule has 0 aromatic heterocycles. The van der Waals surface area contributed by atoms with Crippen molar-refractivity contribution >= 4 is 33.3 Å². The highest BCUT2D eigenvalue weighted by Gasteiger charge is 2.15. The summed E-state index contributed by atoms with van der Waals surface area (Å²) < 4.78 is 25.6. The molecule has 0 fully saturated rings. The average Bonchev–Trinajstić information content (AvgIpc) is 2.60. The third-order valence-corrected chi connectivity index (χ3v) is 4.42. The first-order valence-electron chi connectivity index (χ1n) is 7.00. The minimum Gasteiger partial charge on any atom is -0.507 e. The third-order valence-electron chi connectivity index (χ3n) is 3.06. The zero-order chi connectivity index (χ0) is 19.3. The molecule has 2 rings (SSSR count). The van der Waals surface area contributed by atoms with Gasteiger partial charge in [0.1, 0.15) is 11.3 Å². The number of phenols is 1. The smallest absolute Gasteiger partial charge is 0.339 e. The number of azo groups is 1. The number of hydrogen-bond acceptors (Lipinski definition) is 7. The largest absolute Gasteiger partial charge is 0.507 e. The molecule has 134 valence electrons. The molecule has 0 heterocycles. The Morgan fingerprint density at radius 1 is 1.04 bits per heavy atom. The molecule has 3 N–H and O–H groups in total. The number of aromatic hydroxyl groups is 1. The van der Waals surface area contributed by atoms with Crippen LogP contribution in [0.15, 0.2) is 70.2 Å². The van der Waals surface area contributed by atoms with Crippen LogP contribution < -0.4 is 4.72 Å². The highest BCUT2D eigenvalue weighted by Crippen LogP contribution is 2.25. The number of amides is 1. The molecule has 26 heavy (non-hydrogen) atoms. The molecule has 0 atom stereocenters. The first-order chi connectivity index (χ1) is 12.2. The van der Waals surface area contributed by atoms with E-state index in [1.54, 1.807) is 4.72 Å². The van der Waals surface area contributed by atoms with Crippen LogP contribution in [0.5, 0.6) is 5.75 Å². The highest BCUT2D eigenvalue weighted by molar-refractivity contribution is 7.90. The van der Waals surface area contributed by atoms with Gasteiger partial charge < -0.3 is 10.2 Å². The molecule has 0 unspecified atom stereocenters. The van der Waals surface area contributed by atoms with Crippen LogP contribution in [-0.4, -0.2) is 30.5 Å². The van der Waals surface area contributed by atoms with Gasteiger partial charge in [-0.15, -0.1) is 0 Å². The van der Waals surface area contributed by atoms with Crippen LogP contribution in [0.4, 0.5) is 11.4 Å². The fourth-order valence-corrected chi connectivity index (χ4v) is 2.76. The predicted octanol–water partition coefficient (Wildman–Crippen LogP) is 2.50. The molecular formula is C16H13N3O6S. The van der Waals surface area contributed by atoms with Crippen LogP contribution in [-0.2, 0) is 14.8 Å². The number of carboxylic acids is 1. The standard InChI is InChI=1S/C16H13N3O6S/c1-2-15(21)19-26(24,25)12-6-3-10(4-7-12)17-18-11-5-8-14(20)13(9-11)16(22)23/h2-9,20H,1H2,(H,19,21)(H,22,23). The van der Waals surface area contributed by atoms with Crippen molar-refractivity contribution in [2.75, 3.05) is 0 Å². The van der Waals surface area contributed by atoms with Crippen LogP contribution in [0, 0.1) is 0 Å². The van der Waals surface area contributed by atoms with Crippen LogP contribution in [0.25, 0.3) is 0 Å². The maximum atomic E-state index is 11.9. The second kappa shape index (κ2) is 7.57. The van der Waals surface area contributed by atoms with Gasteiger partial charge >= 0.3 is 5.97 Å². The molecule has 0 aliphatic rings. The van der Waals surface area contributed by atoms with Gasteiger partial charge in [-0.3, -0.25) is 4.79 Å². The van der Waals surface area contributed by atoms with E-state index in [-0.39, 0.29) is 16.1 Å². The zero-order valence-electron chi connectivity index (χ0n) is 13.2. The molecule has 0 aliphatic heterocycles. The normalized spacial score (nSPS) is 11.2. The number of nitrogens with one attached hydrogen (secondary N) is 1. The summed E-state index contributed by atoms with van der Waals surface area (Å²) in [6, 6.07) is 8.86. The lowest BCUT2D eigenvalue weighted by atomic mass is 10.2. The Morgan fingerprint density at radius 3 is 2.19 bits per heavy atom. The summed E-state index contributed by atoms with van der Waals surface area (Å²) >= 11 is 0. The van der Waals surface area contributed by atoms with Crippen LogP contribution in [0.3, 0.4) is 0 Å². The van der Waals surface area contributed by atoms with E-state index in [1.807, 2.05) is 0 Å². The van der Waals surface area contributed by atoms with Gasteiger partial charge in [-0.1, -0.05) is 6.58 Å². The van der Waals surface area contributed by atoms with E-state index < -0.39 is 27.6 Å². The van der Waals surface area contributed by atoms with Crippen LogP contribution in [0.2, 0.25) is 0 Å². The summed E-state index contributed by atoms with van der Waals surface area (Å²) in [5, 5.41) is 26.1. The fourth-order valence-electron chi connectivity index (χ4n) is 1.80. The third kappa shape index (κ3) is 4.51. The minimum absolute atomic E-state index is 0.149. The lowest BCUT2D eigenvalue weighted by molar-refractivity contribution is -0.114. The molecule has 9 nitrogen and oxygen atoms in total. The van der Waals surface area contributed by atoms with E-state index in [4.69, 9.17) is 5.11 Å². The van der Waals surface area contributed by atoms with Crippen molar-refractivity contribution in [1.29, 1.82) is 0 Å². The van der Waals surface area contributed by atoms with Crippen LogP contribution >= 0.6 is 0 Å². The summed E-state index contributed by atoms with van der Waals surface area (Å²) in [6.07, 6.45) is 0.836. The molecule has 0 spiro atoms. The number of hydrogen-bond donors (Lipinski definition) is 3. The van der Waals surface area contributed by atoms with Gasteiger partial charge in [-0.2, -0.15) is 10.2 Å². The van der Waals surface area contributed by atoms with Gasteiger partial charge in [0.05, 0.1) is 16.3 Å². The van der Waals surface area contributed by atoms with Crippen molar-refractivity contribution in [3.63, 3.8) is 0 Å². The predicted molar refractivity (Wildman–Crippen MR) is 91.2 cm³/mol. The molecule has 0 saturated carbocycles. The van der Waals surface area contributed by atoms with Crippen molar-refractivity contribution in [3.8, 4) is 5.75 Å². The summed E-state index contributed by atoms with van der Waals surface area (Å²) in [6.45, 7) is 3.17. The maximum Gasteiger partial charge on any atom is 0.339 e. The van der Waals surface area contributed by atoms with Gasteiger partial charge in [0.15, 0.2) is 0 Å². The Labute approximate surface area is 148 Å². The van der Waals surface area contributed by atoms with Gasteiger partial charge in [0, 0.05) is 0 Å². The summed E-state index contributed by atoms with van der Waals surface area (Å²) in [7, 11) is -4.01. The molecule has 1 amide bonds. The molecule has 0 radical (unpaired) electrons. The molecule has 2 aromatic rings. The quantitative estimate of drug-likeness (QED) is 0.522. The van der Waals surface area contributed by atoms with Crippen molar-refractivity contribution in [3.05, 3.63) is 60.7 Å². The number of carboxylic acid groups (broad SMARTS) is 1. The second-order valence-electron chi connectivity index (χ2n) is 4.87. The maximum absolute atomic E-state index is 11.9. The molecule has 2 aromatic carbocycles. The van der Waals surface area contributed by atoms with E-state index in [9.17, 15) is 23.1 Å². The molecule has 0 saturated heterocycles. The Morgan fingerprint density at radius 2 is 1.62 bits per heavy atom. The lowest BCUT2D eigenvalue weighted by Crippen LogP contribution is -2.28. The summed E-state index contributed by atoms with van der Waals surface area (Å²) in [4.78, 5) is 21.9. The number of nitrogens with zero attached hydrogens (tertiary/aromatic N) is 2. The Bertz CT molecular complexity index is 997. The number of benzene rings is 2. The lowest BCUT2D eigenvalue weighted by Gasteiger charge is -2.04. The van der Waals surface area contributed by atoms with E-state index in [0.29, 0.717) is 5.69 Å². The molecular weight excluding hydrogens is 362 g/mol. The molecule has 0 aliphatic carbocycles. The highest BCUT2D eigenvalue weighted by atomic mass is 32.2. The Balaban J connectivity index is 2.20. The van der Waals surface area contributed by atoms with Gasteiger partial charge in [0.2, 0.25) is 0 Å². The monoisotopic (exact) mass is 375 g/mol. The van der Waals surface area contributed by atoms with E-state index in [1.165, 1.54) is 36.4 Å². The van der Waals surface area contributed by atoms with E-state index in [0.717, 1.165) is 12.1 Å². The van der Waals surface area contributed by atoms with Crippen LogP contribution in [0.1, 0.15) is 10.4 Å². The van der Waals surface area contributed by atoms with E-state index >= 15 is 0 Å². The number of carbonyl (C=O) groups is 2. The topological polar surface area (TPSA) is 145 Å². The fraction of sp³-hybridized carbons (Fsp3) is 0. The Kier molecular flexibility index (Phi) is 5.48. The first-order valence-corrected chi connectivity index (χ1v) is 8.48. The summed E-state index contributed by atoms with van der Waals surface area (Å²) in [5.41, 5.74) is 0.167. The number of rotatable bonds is 6. The number of sulfonamides is 1. The number of aromatic carboxylic acids is 1. The minimum atomic E-state index is -4.01. The van der Waals surface area contributed by atoms with Gasteiger partial charge in [-0.25, -0.2) is 17.9 Å². The van der Waals surface area contributed by atoms with E-state index in [2.05, 4.69) is 16.8 Å². The number of carbonyl (C=O) groups excluding carboxylic acids is 1. The summed E-state index contributed by atoms with van der Waals surface area (Å²) in [5.74, 6) is -2.56. The second-order valence-corrected chi connectivity index (χ2v) is 6.56. The SMILES string of the molecule is C=CC(=O)NS(=O)(=O)c1ccc(N=Nc2ccc(O)c(C(=O)O)c2)cc1. The average molecular weight is 375 g/mol. The molecule has 10 heteroatoms. The van der Waals surface area contributed by atoms with Crippen molar-refractivity contribution in [2.45, 2.75) is 4.90 Å². The first kappa shape index (κ1) is 18.8. The van der Waals surface area contributed by atoms with Crippen molar-refractivity contribution in [1.82, 2.24) is 4.72 Å². The van der Waals surface area contributed by atoms with Gasteiger partial charge in [-0.05, 0) is 48.5 Å². The Hall–Kier alpha value is -3.53.